The molecule has 0 amide bonds. The fourth-order valence-electron chi connectivity index (χ4n) is 1.61. The van der Waals surface area contributed by atoms with E-state index in [1.807, 2.05) is 18.2 Å². The highest BCUT2D eigenvalue weighted by atomic mass is 79.9. The number of methoxy groups -OCH3 is 1. The molecule has 2 aromatic rings. The number of hydrogen-bond donors (Lipinski definition) is 1. The normalized spacial score (nSPS) is 10.8. The maximum absolute atomic E-state index is 10.4. The van der Waals surface area contributed by atoms with Gasteiger partial charge in [0.05, 0.1) is 12.7 Å². The van der Waals surface area contributed by atoms with Gasteiger partial charge in [0.1, 0.15) is 17.3 Å². The van der Waals surface area contributed by atoms with E-state index in [1.54, 1.807) is 19.2 Å². The maximum atomic E-state index is 10.4. The van der Waals surface area contributed by atoms with E-state index in [0.717, 1.165) is 16.1 Å². The number of rotatable bonds is 4. The summed E-state index contributed by atoms with van der Waals surface area (Å²) in [4.78, 5) is 10.4. The Bertz CT molecular complexity index is 628. The molecule has 0 aliphatic carbocycles. The van der Waals surface area contributed by atoms with E-state index in [0.29, 0.717) is 17.3 Å². The molecule has 0 saturated carbocycles. The van der Waals surface area contributed by atoms with E-state index in [4.69, 9.17) is 14.3 Å². The molecular formula is C14H11BrO4. The zero-order valence-corrected chi connectivity index (χ0v) is 11.7. The van der Waals surface area contributed by atoms with Gasteiger partial charge in [0.15, 0.2) is 0 Å². The minimum Gasteiger partial charge on any atom is -0.496 e. The van der Waals surface area contributed by atoms with Gasteiger partial charge in [-0.25, -0.2) is 4.79 Å². The molecule has 0 radical (unpaired) electrons. The van der Waals surface area contributed by atoms with E-state index >= 15 is 0 Å². The number of carboxylic acids is 1. The fourth-order valence-corrected chi connectivity index (χ4v) is 1.95. The highest BCUT2D eigenvalue weighted by molar-refractivity contribution is 9.10. The number of aliphatic carboxylic acids is 1. The van der Waals surface area contributed by atoms with Crippen molar-refractivity contribution in [3.05, 3.63) is 46.6 Å². The van der Waals surface area contributed by atoms with E-state index in [1.165, 1.54) is 6.08 Å². The molecule has 5 heteroatoms. The third-order valence-electron chi connectivity index (χ3n) is 2.45. The topological polar surface area (TPSA) is 59.7 Å². The van der Waals surface area contributed by atoms with Crippen LogP contribution in [0.15, 0.2) is 45.3 Å². The third-order valence-corrected chi connectivity index (χ3v) is 2.94. The van der Waals surface area contributed by atoms with Crippen LogP contribution in [0.4, 0.5) is 0 Å². The van der Waals surface area contributed by atoms with Crippen LogP contribution < -0.4 is 4.74 Å². The van der Waals surface area contributed by atoms with Gasteiger partial charge in [0, 0.05) is 10.5 Å². The first-order valence-electron chi connectivity index (χ1n) is 5.45. The van der Waals surface area contributed by atoms with Crippen molar-refractivity contribution in [3.63, 3.8) is 0 Å². The molecule has 1 aromatic carbocycles. The molecule has 1 aromatic heterocycles. The molecule has 0 aliphatic rings. The van der Waals surface area contributed by atoms with E-state index in [2.05, 4.69) is 15.9 Å². The van der Waals surface area contributed by atoms with Crippen LogP contribution in [0.2, 0.25) is 0 Å². The molecule has 0 spiro atoms. The molecule has 0 aliphatic heterocycles. The lowest BCUT2D eigenvalue weighted by Gasteiger charge is -2.06. The zero-order valence-electron chi connectivity index (χ0n) is 10.1. The lowest BCUT2D eigenvalue weighted by atomic mass is 10.1. The number of halogens is 1. The maximum Gasteiger partial charge on any atom is 0.328 e. The average Bonchev–Trinajstić information content (AvgIpc) is 2.84. The van der Waals surface area contributed by atoms with Crippen molar-refractivity contribution in [1.82, 2.24) is 0 Å². The van der Waals surface area contributed by atoms with Gasteiger partial charge in [-0.3, -0.25) is 0 Å². The number of ether oxygens (including phenoxy) is 1. The van der Waals surface area contributed by atoms with Crippen LogP contribution in [-0.2, 0) is 4.79 Å². The highest BCUT2D eigenvalue weighted by Gasteiger charge is 2.10. The summed E-state index contributed by atoms with van der Waals surface area (Å²) in [5.41, 5.74) is 0.806. The predicted octanol–water partition coefficient (Wildman–Crippen LogP) is 3.82. The van der Waals surface area contributed by atoms with Gasteiger partial charge in [0.2, 0.25) is 0 Å². The van der Waals surface area contributed by atoms with Crippen LogP contribution in [0.25, 0.3) is 17.4 Å². The zero-order chi connectivity index (χ0) is 13.8. The van der Waals surface area contributed by atoms with Gasteiger partial charge in [-0.1, -0.05) is 15.9 Å². The average molecular weight is 323 g/mol. The quantitative estimate of drug-likeness (QED) is 0.869. The monoisotopic (exact) mass is 322 g/mol. The van der Waals surface area contributed by atoms with Crippen LogP contribution in [-0.4, -0.2) is 18.2 Å². The Labute approximate surface area is 118 Å². The summed E-state index contributed by atoms with van der Waals surface area (Å²) in [7, 11) is 1.58. The minimum atomic E-state index is -1.01. The summed E-state index contributed by atoms with van der Waals surface area (Å²) < 4.78 is 11.8. The van der Waals surface area contributed by atoms with Crippen molar-refractivity contribution in [1.29, 1.82) is 0 Å². The first-order valence-corrected chi connectivity index (χ1v) is 6.24. The first-order chi connectivity index (χ1) is 9.10. The van der Waals surface area contributed by atoms with E-state index in [-0.39, 0.29) is 0 Å². The third kappa shape index (κ3) is 3.26. The number of furan rings is 1. The predicted molar refractivity (Wildman–Crippen MR) is 75.1 cm³/mol. The summed E-state index contributed by atoms with van der Waals surface area (Å²) in [5, 5.41) is 8.56. The van der Waals surface area contributed by atoms with Gasteiger partial charge in [-0.2, -0.15) is 0 Å². The molecular weight excluding hydrogens is 312 g/mol. The number of carbonyl (C=O) groups is 1. The highest BCUT2D eigenvalue weighted by Crippen LogP contribution is 2.33. The lowest BCUT2D eigenvalue weighted by molar-refractivity contribution is -0.131. The second-order valence-electron chi connectivity index (χ2n) is 3.72. The molecule has 0 unspecified atom stereocenters. The summed E-state index contributed by atoms with van der Waals surface area (Å²) in [6, 6.07) is 9.06. The van der Waals surface area contributed by atoms with E-state index in [9.17, 15) is 4.79 Å². The second-order valence-corrected chi connectivity index (χ2v) is 4.63. The van der Waals surface area contributed by atoms with Gasteiger partial charge in [0.25, 0.3) is 0 Å². The first kappa shape index (κ1) is 13.4. The Kier molecular flexibility index (Phi) is 4.06. The molecule has 98 valence electrons. The molecule has 19 heavy (non-hydrogen) atoms. The van der Waals surface area contributed by atoms with Gasteiger partial charge in [-0.05, 0) is 36.4 Å². The Hall–Kier alpha value is -2.01. The minimum absolute atomic E-state index is 0.474. The van der Waals surface area contributed by atoms with Crippen molar-refractivity contribution in [2.45, 2.75) is 0 Å². The van der Waals surface area contributed by atoms with E-state index < -0.39 is 5.97 Å². The number of carboxylic acid groups (broad SMARTS) is 1. The number of hydrogen-bond acceptors (Lipinski definition) is 3. The second kappa shape index (κ2) is 5.75. The van der Waals surface area contributed by atoms with Gasteiger partial charge >= 0.3 is 5.97 Å². The lowest BCUT2D eigenvalue weighted by Crippen LogP contribution is -1.86. The summed E-state index contributed by atoms with van der Waals surface area (Å²) in [6.45, 7) is 0. The molecule has 2 rings (SSSR count). The van der Waals surface area contributed by atoms with Crippen LogP contribution >= 0.6 is 15.9 Å². The summed E-state index contributed by atoms with van der Waals surface area (Å²) >= 11 is 3.37. The van der Waals surface area contributed by atoms with Crippen molar-refractivity contribution in [2.75, 3.05) is 7.11 Å². The van der Waals surface area contributed by atoms with Gasteiger partial charge < -0.3 is 14.3 Å². The molecule has 0 bridgehead atoms. The molecule has 0 fully saturated rings. The van der Waals surface area contributed by atoms with Crippen molar-refractivity contribution in [2.24, 2.45) is 0 Å². The molecule has 0 saturated heterocycles. The smallest absolute Gasteiger partial charge is 0.328 e. The fraction of sp³-hybridized carbons (Fsp3) is 0.0714. The summed E-state index contributed by atoms with van der Waals surface area (Å²) in [6.07, 6.45) is 2.43. The standard InChI is InChI=1S/C14H11BrO4/c1-18-13-8-9(15)2-5-11(13)12-6-3-10(19-12)4-7-14(16)17/h2-8H,1H3,(H,16,17)/b7-4+. The molecule has 4 nitrogen and oxygen atoms in total. The van der Waals surface area contributed by atoms with Crippen LogP contribution in [0.5, 0.6) is 5.75 Å². The Balaban J connectivity index is 2.35. The summed E-state index contributed by atoms with van der Waals surface area (Å²) in [5.74, 6) is 0.758. The largest absolute Gasteiger partial charge is 0.496 e. The SMILES string of the molecule is COc1cc(Br)ccc1-c1ccc(/C=C/C(=O)O)o1. The van der Waals surface area contributed by atoms with Crippen molar-refractivity contribution >= 4 is 28.0 Å². The Morgan fingerprint density at radius 1 is 1.37 bits per heavy atom. The van der Waals surface area contributed by atoms with Crippen LogP contribution in [0.3, 0.4) is 0 Å². The Morgan fingerprint density at radius 3 is 2.84 bits per heavy atom. The van der Waals surface area contributed by atoms with Crippen LogP contribution in [0, 0.1) is 0 Å². The molecule has 1 N–H and O–H groups in total. The van der Waals surface area contributed by atoms with Crippen molar-refractivity contribution in [3.8, 4) is 17.1 Å². The molecule has 0 atom stereocenters. The molecule has 1 heterocycles. The Morgan fingerprint density at radius 2 is 2.16 bits per heavy atom. The number of benzene rings is 1. The van der Waals surface area contributed by atoms with Crippen LogP contribution in [0.1, 0.15) is 5.76 Å². The van der Waals surface area contributed by atoms with Gasteiger partial charge in [-0.15, -0.1) is 0 Å². The van der Waals surface area contributed by atoms with Crippen molar-refractivity contribution < 1.29 is 19.1 Å².